The van der Waals surface area contributed by atoms with Gasteiger partial charge < -0.3 is 0 Å². The summed E-state index contributed by atoms with van der Waals surface area (Å²) in [6.07, 6.45) is 2.30. The molecule has 0 aliphatic rings. The Bertz CT molecular complexity index is 173. The molecular weight excluding hydrogens is 151 g/mol. The molecule has 0 nitrogen and oxygen atoms in total. The molecule has 0 N–H and O–H groups in total. The predicted molar refractivity (Wildman–Crippen MR) is 51.7 cm³/mol. The summed E-state index contributed by atoms with van der Waals surface area (Å²) in [6.45, 7) is 7.66. The lowest BCUT2D eigenvalue weighted by molar-refractivity contribution is 0.165. The zero-order valence-corrected chi connectivity index (χ0v) is 8.58. The molecule has 0 aliphatic heterocycles. The van der Waals surface area contributed by atoms with Crippen molar-refractivity contribution >= 4 is 0 Å². The smallest absolute Gasteiger partial charge is 0.172 e. The van der Waals surface area contributed by atoms with Crippen LogP contribution in [-0.2, 0) is 0 Å². The number of hydrogen-bond donors (Lipinski definition) is 0. The Labute approximate surface area is 75.6 Å². The maximum absolute atomic E-state index is 13.8. The van der Waals surface area contributed by atoms with Crippen molar-refractivity contribution in [3.05, 3.63) is 0 Å². The van der Waals surface area contributed by atoms with Gasteiger partial charge in [0.2, 0.25) is 0 Å². The second-order valence-corrected chi connectivity index (χ2v) is 3.42. The molecule has 0 fully saturated rings. The van der Waals surface area contributed by atoms with Gasteiger partial charge in [-0.2, -0.15) is 0 Å². The lowest BCUT2D eigenvalue weighted by atomic mass is 9.90. The normalized spacial score (nSPS) is 15.2. The molecule has 0 saturated carbocycles. The fraction of sp³-hybridized carbons (Fsp3) is 0.818. The van der Waals surface area contributed by atoms with Crippen molar-refractivity contribution in [2.75, 3.05) is 0 Å². The molecule has 0 rings (SSSR count). The Morgan fingerprint density at radius 3 is 2.25 bits per heavy atom. The minimum atomic E-state index is -1.27. The van der Waals surface area contributed by atoms with Crippen LogP contribution >= 0.6 is 0 Å². The van der Waals surface area contributed by atoms with E-state index < -0.39 is 5.67 Å². The molecule has 0 heterocycles. The molecule has 0 aromatic carbocycles. The third kappa shape index (κ3) is 3.26. The summed E-state index contributed by atoms with van der Waals surface area (Å²) >= 11 is 0. The Balaban J connectivity index is 4.26. The first kappa shape index (κ1) is 11.5. The third-order valence-corrected chi connectivity index (χ3v) is 2.10. The number of alkyl halides is 1. The standard InChI is InChI=1S/C11H19F/c1-5-7-8-9-11(12,6-2)10(3)4/h10H,5-7H2,1-4H3. The molecule has 0 amide bonds. The highest BCUT2D eigenvalue weighted by molar-refractivity contribution is 5.14. The topological polar surface area (TPSA) is 0 Å². The lowest BCUT2D eigenvalue weighted by Gasteiger charge is -2.21. The Morgan fingerprint density at radius 1 is 1.33 bits per heavy atom. The van der Waals surface area contributed by atoms with Crippen LogP contribution in [0.4, 0.5) is 4.39 Å². The second kappa shape index (κ2) is 5.19. The second-order valence-electron chi connectivity index (χ2n) is 3.42. The van der Waals surface area contributed by atoms with Gasteiger partial charge in [0, 0.05) is 6.42 Å². The first-order valence-electron chi connectivity index (χ1n) is 4.75. The van der Waals surface area contributed by atoms with Crippen LogP contribution in [0.1, 0.15) is 47.0 Å². The lowest BCUT2D eigenvalue weighted by Crippen LogP contribution is -2.26. The maximum Gasteiger partial charge on any atom is 0.172 e. The van der Waals surface area contributed by atoms with Crippen LogP contribution in [0.3, 0.4) is 0 Å². The maximum atomic E-state index is 13.8. The SMILES string of the molecule is CCCC#CC(F)(CC)C(C)C. The highest BCUT2D eigenvalue weighted by Gasteiger charge is 2.28. The van der Waals surface area contributed by atoms with Gasteiger partial charge in [0.05, 0.1) is 0 Å². The van der Waals surface area contributed by atoms with Crippen LogP contribution in [-0.4, -0.2) is 5.67 Å². The van der Waals surface area contributed by atoms with Crippen molar-refractivity contribution in [3.63, 3.8) is 0 Å². The Kier molecular flexibility index (Phi) is 4.97. The quantitative estimate of drug-likeness (QED) is 0.568. The molecule has 0 aromatic heterocycles. The van der Waals surface area contributed by atoms with Crippen LogP contribution in [0.5, 0.6) is 0 Å². The molecule has 0 saturated heterocycles. The van der Waals surface area contributed by atoms with Gasteiger partial charge in [-0.1, -0.05) is 39.5 Å². The first-order valence-corrected chi connectivity index (χ1v) is 4.75. The van der Waals surface area contributed by atoms with Gasteiger partial charge in [-0.15, -0.1) is 0 Å². The van der Waals surface area contributed by atoms with E-state index in [1.807, 2.05) is 20.8 Å². The van der Waals surface area contributed by atoms with E-state index in [1.165, 1.54) is 0 Å². The van der Waals surface area contributed by atoms with Crippen molar-refractivity contribution in [2.24, 2.45) is 5.92 Å². The summed E-state index contributed by atoms with van der Waals surface area (Å²) in [6, 6.07) is 0. The van der Waals surface area contributed by atoms with Crippen molar-refractivity contribution in [1.29, 1.82) is 0 Å². The highest BCUT2D eigenvalue weighted by atomic mass is 19.1. The summed E-state index contributed by atoms with van der Waals surface area (Å²) in [5.74, 6) is 5.60. The molecule has 0 spiro atoms. The zero-order valence-electron chi connectivity index (χ0n) is 8.58. The summed E-state index contributed by atoms with van der Waals surface area (Å²) in [5, 5.41) is 0. The fourth-order valence-electron chi connectivity index (χ4n) is 0.975. The van der Waals surface area contributed by atoms with Gasteiger partial charge >= 0.3 is 0 Å². The molecule has 0 aliphatic carbocycles. The van der Waals surface area contributed by atoms with Gasteiger partial charge in [-0.25, -0.2) is 4.39 Å². The van der Waals surface area contributed by atoms with Gasteiger partial charge in [0.25, 0.3) is 0 Å². The Hall–Kier alpha value is -0.510. The van der Waals surface area contributed by atoms with Gasteiger partial charge in [-0.05, 0) is 18.8 Å². The van der Waals surface area contributed by atoms with Gasteiger partial charge in [0.15, 0.2) is 5.67 Å². The Morgan fingerprint density at radius 2 is 1.92 bits per heavy atom. The average molecular weight is 170 g/mol. The number of unbranched alkanes of at least 4 members (excludes halogenated alkanes) is 1. The number of rotatable bonds is 3. The summed E-state index contributed by atoms with van der Waals surface area (Å²) < 4.78 is 13.8. The monoisotopic (exact) mass is 170 g/mol. The van der Waals surface area contributed by atoms with Crippen molar-refractivity contribution in [3.8, 4) is 11.8 Å². The number of hydrogen-bond acceptors (Lipinski definition) is 0. The van der Waals surface area contributed by atoms with Crippen LogP contribution in [0.2, 0.25) is 0 Å². The van der Waals surface area contributed by atoms with Crippen LogP contribution < -0.4 is 0 Å². The van der Waals surface area contributed by atoms with E-state index >= 15 is 0 Å². The van der Waals surface area contributed by atoms with Gasteiger partial charge in [-0.3, -0.25) is 0 Å². The molecule has 70 valence electrons. The number of halogens is 1. The van der Waals surface area contributed by atoms with E-state index in [9.17, 15) is 4.39 Å². The minimum absolute atomic E-state index is 0.00754. The third-order valence-electron chi connectivity index (χ3n) is 2.10. The molecule has 1 heteroatoms. The van der Waals surface area contributed by atoms with Crippen LogP contribution in [0, 0.1) is 17.8 Å². The summed E-state index contributed by atoms with van der Waals surface area (Å²) in [7, 11) is 0. The van der Waals surface area contributed by atoms with Crippen molar-refractivity contribution in [2.45, 2.75) is 52.6 Å². The van der Waals surface area contributed by atoms with Crippen LogP contribution in [0.15, 0.2) is 0 Å². The van der Waals surface area contributed by atoms with Gasteiger partial charge in [0.1, 0.15) is 0 Å². The van der Waals surface area contributed by atoms with E-state index in [2.05, 4.69) is 18.8 Å². The molecule has 1 unspecified atom stereocenters. The molecule has 0 aromatic rings. The summed E-state index contributed by atoms with van der Waals surface area (Å²) in [4.78, 5) is 0. The summed E-state index contributed by atoms with van der Waals surface area (Å²) in [5.41, 5.74) is -1.27. The molecule has 1 atom stereocenters. The first-order chi connectivity index (χ1) is 5.56. The predicted octanol–water partition coefficient (Wildman–Crippen LogP) is 3.56. The fourth-order valence-corrected chi connectivity index (χ4v) is 0.975. The highest BCUT2D eigenvalue weighted by Crippen LogP contribution is 2.24. The van der Waals surface area contributed by atoms with E-state index in [1.54, 1.807) is 0 Å². The van der Waals surface area contributed by atoms with Crippen LogP contribution in [0.25, 0.3) is 0 Å². The van der Waals surface area contributed by atoms with E-state index in [0.29, 0.717) is 6.42 Å². The molecule has 0 radical (unpaired) electrons. The molecular formula is C11H19F. The zero-order chi connectivity index (χ0) is 9.61. The largest absolute Gasteiger partial charge is 0.229 e. The van der Waals surface area contributed by atoms with Crippen molar-refractivity contribution < 1.29 is 4.39 Å². The van der Waals surface area contributed by atoms with E-state index in [4.69, 9.17) is 0 Å². The molecule has 0 bridgehead atoms. The molecule has 12 heavy (non-hydrogen) atoms. The average Bonchev–Trinajstić information content (AvgIpc) is 2.04. The van der Waals surface area contributed by atoms with E-state index in [-0.39, 0.29) is 5.92 Å². The van der Waals surface area contributed by atoms with E-state index in [0.717, 1.165) is 12.8 Å². The van der Waals surface area contributed by atoms with Crippen molar-refractivity contribution in [1.82, 2.24) is 0 Å². The minimum Gasteiger partial charge on any atom is -0.229 e.